The van der Waals surface area contributed by atoms with Gasteiger partial charge in [-0.1, -0.05) is 18.2 Å². The van der Waals surface area contributed by atoms with Gasteiger partial charge in [-0.25, -0.2) is 0 Å². The lowest BCUT2D eigenvalue weighted by Gasteiger charge is -2.12. The third-order valence-corrected chi connectivity index (χ3v) is 5.06. The first kappa shape index (κ1) is 20.6. The zero-order valence-corrected chi connectivity index (χ0v) is 16.7. The molecule has 1 heterocycles. The van der Waals surface area contributed by atoms with Gasteiger partial charge in [0.1, 0.15) is 17.5 Å². The third-order valence-electron chi connectivity index (χ3n) is 4.25. The monoisotopic (exact) mass is 412 g/mol. The maximum Gasteiger partial charge on any atom is 0.322 e. The van der Waals surface area contributed by atoms with Gasteiger partial charge in [0, 0.05) is 0 Å². The molecule has 29 heavy (non-hydrogen) atoms. The lowest BCUT2D eigenvalue weighted by Crippen LogP contribution is -2.33. The molecule has 150 valence electrons. The number of nitrogens with two attached hydrogens (primary N) is 1. The van der Waals surface area contributed by atoms with E-state index in [4.69, 9.17) is 10.5 Å². The molecule has 2 aromatic rings. The van der Waals surface area contributed by atoms with Gasteiger partial charge in [-0.3, -0.25) is 19.7 Å². The van der Waals surface area contributed by atoms with Crippen LogP contribution in [0.2, 0.25) is 0 Å². The highest BCUT2D eigenvalue weighted by Crippen LogP contribution is 2.29. The Kier molecular flexibility index (Phi) is 6.36. The summed E-state index contributed by atoms with van der Waals surface area (Å²) in [5.41, 5.74) is 8.35. The number of benzene rings is 2. The minimum Gasteiger partial charge on any atom is -0.468 e. The average molecular weight is 412 g/mol. The molecule has 0 spiro atoms. The number of methoxy groups -OCH3 is 1. The van der Waals surface area contributed by atoms with E-state index in [2.05, 4.69) is 10.1 Å². The molecule has 1 aliphatic heterocycles. The lowest BCUT2D eigenvalue weighted by atomic mass is 10.1. The Balaban J connectivity index is 1.67. The normalized spacial score (nSPS) is 15.9. The molecule has 7 nitrogen and oxygen atoms in total. The zero-order chi connectivity index (χ0) is 21.0. The van der Waals surface area contributed by atoms with Crippen molar-refractivity contribution in [3.05, 3.63) is 64.1 Å². The molecule has 1 aliphatic rings. The largest absolute Gasteiger partial charge is 0.468 e. The Hall–Kier alpha value is -3.10. The Bertz CT molecular complexity index is 985. The van der Waals surface area contributed by atoms with Gasteiger partial charge < -0.3 is 15.2 Å². The summed E-state index contributed by atoms with van der Waals surface area (Å²) < 4.78 is 10.5. The van der Waals surface area contributed by atoms with Crippen molar-refractivity contribution in [2.24, 2.45) is 5.73 Å². The second-order valence-electron chi connectivity index (χ2n) is 6.46. The highest BCUT2D eigenvalue weighted by atomic mass is 32.2. The van der Waals surface area contributed by atoms with Crippen LogP contribution in [0.15, 0.2) is 47.4 Å². The molecule has 0 aromatic heterocycles. The molecular weight excluding hydrogens is 392 g/mol. The molecule has 8 heteroatoms. The summed E-state index contributed by atoms with van der Waals surface area (Å²) >= 11 is 0.882. The SMILES string of the molecule is COC(=O)C(N)Cc1ccc(Oc2ccc(/C=C3/SC(=O)NC3=O)cc2C)cc1. The molecule has 1 saturated heterocycles. The topological polar surface area (TPSA) is 108 Å². The van der Waals surface area contributed by atoms with Gasteiger partial charge in [0.25, 0.3) is 11.1 Å². The van der Waals surface area contributed by atoms with Crippen molar-refractivity contribution in [1.82, 2.24) is 5.32 Å². The number of ether oxygens (including phenoxy) is 2. The molecule has 0 saturated carbocycles. The lowest BCUT2D eigenvalue weighted by molar-refractivity contribution is -0.142. The van der Waals surface area contributed by atoms with Crippen LogP contribution >= 0.6 is 11.8 Å². The second-order valence-corrected chi connectivity index (χ2v) is 7.47. The van der Waals surface area contributed by atoms with Crippen LogP contribution in [0, 0.1) is 6.92 Å². The summed E-state index contributed by atoms with van der Waals surface area (Å²) in [5.74, 6) is 0.482. The van der Waals surface area contributed by atoms with Crippen LogP contribution in [-0.2, 0) is 20.7 Å². The van der Waals surface area contributed by atoms with Gasteiger partial charge in [-0.2, -0.15) is 0 Å². The molecule has 1 atom stereocenters. The van der Waals surface area contributed by atoms with E-state index >= 15 is 0 Å². The summed E-state index contributed by atoms with van der Waals surface area (Å²) in [6.45, 7) is 1.90. The predicted octanol–water partition coefficient (Wildman–Crippen LogP) is 3.15. The van der Waals surface area contributed by atoms with Crippen LogP contribution < -0.4 is 15.8 Å². The molecular formula is C21H20N2O5S. The fourth-order valence-corrected chi connectivity index (χ4v) is 3.44. The number of amides is 2. The van der Waals surface area contributed by atoms with Gasteiger partial charge >= 0.3 is 5.97 Å². The Morgan fingerprint density at radius 3 is 2.52 bits per heavy atom. The summed E-state index contributed by atoms with van der Waals surface area (Å²) in [7, 11) is 1.31. The molecule has 2 aromatic carbocycles. The van der Waals surface area contributed by atoms with E-state index in [1.54, 1.807) is 18.2 Å². The number of carbonyl (C=O) groups is 3. The van der Waals surface area contributed by atoms with Crippen molar-refractivity contribution in [3.63, 3.8) is 0 Å². The molecule has 0 aliphatic carbocycles. The first-order valence-corrected chi connectivity index (χ1v) is 9.63. The van der Waals surface area contributed by atoms with Crippen molar-refractivity contribution in [3.8, 4) is 11.5 Å². The molecule has 1 unspecified atom stereocenters. The molecule has 3 N–H and O–H groups in total. The fraction of sp³-hybridized carbons (Fsp3) is 0.190. The summed E-state index contributed by atoms with van der Waals surface area (Å²) in [6.07, 6.45) is 2.05. The van der Waals surface area contributed by atoms with Gasteiger partial charge in [-0.15, -0.1) is 0 Å². The van der Waals surface area contributed by atoms with Gasteiger partial charge in [0.15, 0.2) is 0 Å². The molecule has 2 amide bonds. The van der Waals surface area contributed by atoms with Gasteiger partial charge in [-0.05, 0) is 72.1 Å². The highest BCUT2D eigenvalue weighted by Gasteiger charge is 2.25. The van der Waals surface area contributed by atoms with E-state index < -0.39 is 12.0 Å². The number of thioether (sulfide) groups is 1. The Labute approximate surface area is 172 Å². The standard InChI is InChI=1S/C21H20N2O5S/c1-12-9-14(11-18-19(24)23-21(26)29-18)5-8-17(12)28-15-6-3-13(4-7-15)10-16(22)20(25)27-2/h3-9,11,16H,10,22H2,1-2H3,(H,23,24,26)/b18-11+. The highest BCUT2D eigenvalue weighted by molar-refractivity contribution is 8.18. The van der Waals surface area contributed by atoms with Crippen LogP contribution in [0.4, 0.5) is 4.79 Å². The third kappa shape index (κ3) is 5.24. The van der Waals surface area contributed by atoms with Crippen LogP contribution in [0.3, 0.4) is 0 Å². The maximum atomic E-state index is 11.7. The van der Waals surface area contributed by atoms with Gasteiger partial charge in [0.2, 0.25) is 0 Å². The van der Waals surface area contributed by atoms with E-state index in [1.165, 1.54) is 7.11 Å². The number of nitrogens with one attached hydrogen (secondary N) is 1. The number of hydrogen-bond acceptors (Lipinski definition) is 7. The van der Waals surface area contributed by atoms with Crippen LogP contribution in [0.1, 0.15) is 16.7 Å². The quantitative estimate of drug-likeness (QED) is 0.554. The van der Waals surface area contributed by atoms with Crippen molar-refractivity contribution >= 4 is 35.0 Å². The summed E-state index contributed by atoms with van der Waals surface area (Å²) in [5, 5.41) is 1.86. The van der Waals surface area contributed by atoms with E-state index in [-0.39, 0.29) is 11.1 Å². The fourth-order valence-electron chi connectivity index (χ4n) is 2.76. The Morgan fingerprint density at radius 2 is 1.93 bits per heavy atom. The van der Waals surface area contributed by atoms with E-state index in [9.17, 15) is 14.4 Å². The van der Waals surface area contributed by atoms with E-state index in [1.807, 2.05) is 37.3 Å². The molecule has 0 radical (unpaired) electrons. The number of carbonyl (C=O) groups excluding carboxylic acids is 3. The summed E-state index contributed by atoms with van der Waals surface area (Å²) in [4.78, 5) is 34.7. The van der Waals surface area contributed by atoms with E-state index in [0.29, 0.717) is 22.8 Å². The summed E-state index contributed by atoms with van der Waals surface area (Å²) in [6, 6.07) is 12.1. The van der Waals surface area contributed by atoms with Crippen molar-refractivity contribution in [2.75, 3.05) is 7.11 Å². The molecule has 3 rings (SSSR count). The smallest absolute Gasteiger partial charge is 0.322 e. The Morgan fingerprint density at radius 1 is 1.21 bits per heavy atom. The van der Waals surface area contributed by atoms with Crippen molar-refractivity contribution in [2.45, 2.75) is 19.4 Å². The number of aryl methyl sites for hydroxylation is 1. The number of hydrogen-bond donors (Lipinski definition) is 2. The predicted molar refractivity (Wildman–Crippen MR) is 110 cm³/mol. The zero-order valence-electron chi connectivity index (χ0n) is 15.9. The van der Waals surface area contributed by atoms with E-state index in [0.717, 1.165) is 28.5 Å². The maximum absolute atomic E-state index is 11.7. The number of rotatable bonds is 6. The number of esters is 1. The van der Waals surface area contributed by atoms with Crippen LogP contribution in [-0.4, -0.2) is 30.3 Å². The molecule has 0 bridgehead atoms. The minimum absolute atomic E-state index is 0.365. The molecule has 1 fully saturated rings. The van der Waals surface area contributed by atoms with Crippen LogP contribution in [0.25, 0.3) is 6.08 Å². The first-order chi connectivity index (χ1) is 13.9. The number of imide groups is 1. The van der Waals surface area contributed by atoms with Crippen molar-refractivity contribution in [1.29, 1.82) is 0 Å². The van der Waals surface area contributed by atoms with Crippen LogP contribution in [0.5, 0.6) is 11.5 Å². The minimum atomic E-state index is -0.703. The first-order valence-electron chi connectivity index (χ1n) is 8.81. The second kappa shape index (κ2) is 8.93. The average Bonchev–Trinajstić information content (AvgIpc) is 3.01. The van der Waals surface area contributed by atoms with Gasteiger partial charge in [0.05, 0.1) is 12.0 Å². The van der Waals surface area contributed by atoms with Crippen molar-refractivity contribution < 1.29 is 23.9 Å².